The number of anilines is 1. The van der Waals surface area contributed by atoms with E-state index in [1.54, 1.807) is 23.5 Å². The molecule has 0 aliphatic carbocycles. The molecule has 0 aliphatic heterocycles. The second-order valence-corrected chi connectivity index (χ2v) is 4.05. The third kappa shape index (κ3) is 2.27. The summed E-state index contributed by atoms with van der Waals surface area (Å²) in [6.07, 6.45) is 0. The molecule has 0 aliphatic rings. The molecule has 0 amide bonds. The molecule has 1 heterocycles. The van der Waals surface area contributed by atoms with Crippen molar-refractivity contribution in [3.8, 4) is 5.75 Å². The lowest BCUT2D eigenvalue weighted by molar-refractivity contribution is 0.310. The molecule has 0 bridgehead atoms. The van der Waals surface area contributed by atoms with E-state index >= 15 is 0 Å². The Kier molecular flexibility index (Phi) is 2.87. The summed E-state index contributed by atoms with van der Waals surface area (Å²) in [5.41, 5.74) is 5.59. The molecule has 1 aromatic carbocycles. The lowest BCUT2D eigenvalue weighted by atomic mass is 10.3. The number of ether oxygens (including phenoxy) is 1. The second kappa shape index (κ2) is 4.31. The molecular formula is C11H10FNOS. The van der Waals surface area contributed by atoms with E-state index in [1.165, 1.54) is 6.07 Å². The Morgan fingerprint density at radius 1 is 1.27 bits per heavy atom. The molecule has 0 saturated carbocycles. The van der Waals surface area contributed by atoms with Crippen LogP contribution in [0.15, 0.2) is 35.7 Å². The highest BCUT2D eigenvalue weighted by atomic mass is 32.1. The molecule has 0 unspecified atom stereocenters. The van der Waals surface area contributed by atoms with Crippen molar-refractivity contribution in [2.24, 2.45) is 0 Å². The van der Waals surface area contributed by atoms with E-state index in [1.807, 2.05) is 17.5 Å². The van der Waals surface area contributed by atoms with Crippen LogP contribution in [-0.2, 0) is 6.61 Å². The fourth-order valence-electron chi connectivity index (χ4n) is 1.19. The largest absolute Gasteiger partial charge is 0.486 e. The van der Waals surface area contributed by atoms with E-state index in [2.05, 4.69) is 0 Å². The van der Waals surface area contributed by atoms with Gasteiger partial charge in [0.1, 0.15) is 23.9 Å². The molecule has 2 rings (SSSR count). The van der Waals surface area contributed by atoms with Crippen molar-refractivity contribution >= 4 is 17.0 Å². The fraction of sp³-hybridized carbons (Fsp3) is 0.0909. The number of nitrogens with two attached hydrogens (primary N) is 1. The van der Waals surface area contributed by atoms with Crippen molar-refractivity contribution < 1.29 is 9.13 Å². The van der Waals surface area contributed by atoms with Gasteiger partial charge >= 0.3 is 0 Å². The van der Waals surface area contributed by atoms with Crippen LogP contribution in [0.2, 0.25) is 0 Å². The molecule has 4 heteroatoms. The summed E-state index contributed by atoms with van der Waals surface area (Å²) in [4.78, 5) is 1.08. The standard InChI is InChI=1S/C11H10FNOS/c12-9-4-1-5-10(11(9)13)14-7-8-3-2-6-15-8/h1-6H,7,13H2. The van der Waals surface area contributed by atoms with Gasteiger partial charge in [-0.3, -0.25) is 0 Å². The van der Waals surface area contributed by atoms with Gasteiger partial charge in [0.05, 0.1) is 0 Å². The molecule has 0 radical (unpaired) electrons. The third-order valence-electron chi connectivity index (χ3n) is 1.96. The Balaban J connectivity index is 2.08. The molecule has 2 nitrogen and oxygen atoms in total. The van der Waals surface area contributed by atoms with Crippen LogP contribution >= 0.6 is 11.3 Å². The first-order valence-electron chi connectivity index (χ1n) is 4.46. The lowest BCUT2D eigenvalue weighted by Gasteiger charge is -2.07. The van der Waals surface area contributed by atoms with Crippen molar-refractivity contribution in [2.45, 2.75) is 6.61 Å². The second-order valence-electron chi connectivity index (χ2n) is 3.02. The SMILES string of the molecule is Nc1c(F)cccc1OCc1cccs1. The molecule has 0 spiro atoms. The van der Waals surface area contributed by atoms with Gasteiger partial charge in [0.15, 0.2) is 0 Å². The van der Waals surface area contributed by atoms with Crippen LogP contribution in [0.1, 0.15) is 4.88 Å². The highest BCUT2D eigenvalue weighted by Gasteiger charge is 2.05. The number of hydrogen-bond acceptors (Lipinski definition) is 3. The Morgan fingerprint density at radius 3 is 2.87 bits per heavy atom. The van der Waals surface area contributed by atoms with E-state index < -0.39 is 5.82 Å². The maximum Gasteiger partial charge on any atom is 0.149 e. The van der Waals surface area contributed by atoms with Gasteiger partial charge in [0.25, 0.3) is 0 Å². The summed E-state index contributed by atoms with van der Waals surface area (Å²) >= 11 is 1.59. The van der Waals surface area contributed by atoms with Crippen molar-refractivity contribution in [1.82, 2.24) is 0 Å². The first-order valence-corrected chi connectivity index (χ1v) is 5.34. The van der Waals surface area contributed by atoms with E-state index in [4.69, 9.17) is 10.5 Å². The minimum absolute atomic E-state index is 0.0639. The van der Waals surface area contributed by atoms with Gasteiger partial charge in [-0.25, -0.2) is 4.39 Å². The molecule has 0 atom stereocenters. The minimum atomic E-state index is -0.446. The van der Waals surface area contributed by atoms with Crippen molar-refractivity contribution in [3.05, 3.63) is 46.4 Å². The summed E-state index contributed by atoms with van der Waals surface area (Å²) in [6.45, 7) is 0.422. The molecule has 78 valence electrons. The van der Waals surface area contributed by atoms with Crippen LogP contribution in [0.25, 0.3) is 0 Å². The Morgan fingerprint density at radius 2 is 2.13 bits per heavy atom. The van der Waals surface area contributed by atoms with Gasteiger partial charge in [0, 0.05) is 4.88 Å². The average molecular weight is 223 g/mol. The van der Waals surface area contributed by atoms with E-state index in [0.717, 1.165) is 4.88 Å². The zero-order valence-corrected chi connectivity index (χ0v) is 8.76. The first kappa shape index (κ1) is 9.98. The predicted octanol–water partition coefficient (Wildman–Crippen LogP) is 3.05. The highest BCUT2D eigenvalue weighted by Crippen LogP contribution is 2.25. The summed E-state index contributed by atoms with van der Waals surface area (Å²) in [5.74, 6) is -0.0536. The number of hydrogen-bond donors (Lipinski definition) is 1. The van der Waals surface area contributed by atoms with Crippen LogP contribution in [0, 0.1) is 5.82 Å². The highest BCUT2D eigenvalue weighted by molar-refractivity contribution is 7.09. The van der Waals surface area contributed by atoms with E-state index in [9.17, 15) is 4.39 Å². The molecule has 15 heavy (non-hydrogen) atoms. The van der Waals surface area contributed by atoms with Gasteiger partial charge in [-0.2, -0.15) is 0 Å². The number of benzene rings is 1. The fourth-order valence-corrected chi connectivity index (χ4v) is 1.80. The first-order chi connectivity index (χ1) is 7.27. The summed E-state index contributed by atoms with van der Waals surface area (Å²) in [5, 5.41) is 1.97. The monoisotopic (exact) mass is 223 g/mol. The Bertz CT molecular complexity index is 442. The molecule has 0 fully saturated rings. The van der Waals surface area contributed by atoms with E-state index in [0.29, 0.717) is 12.4 Å². The molecule has 2 aromatic rings. The zero-order chi connectivity index (χ0) is 10.7. The number of halogens is 1. The summed E-state index contributed by atoms with van der Waals surface area (Å²) in [7, 11) is 0. The number of rotatable bonds is 3. The predicted molar refractivity (Wildman–Crippen MR) is 59.5 cm³/mol. The Hall–Kier alpha value is -1.55. The van der Waals surface area contributed by atoms with Gasteiger partial charge in [0.2, 0.25) is 0 Å². The summed E-state index contributed by atoms with van der Waals surface area (Å²) in [6, 6.07) is 8.45. The van der Waals surface area contributed by atoms with Gasteiger partial charge in [-0.15, -0.1) is 11.3 Å². The van der Waals surface area contributed by atoms with E-state index in [-0.39, 0.29) is 5.69 Å². The van der Waals surface area contributed by atoms with Gasteiger partial charge in [-0.1, -0.05) is 12.1 Å². The van der Waals surface area contributed by atoms with Crippen LogP contribution in [0.3, 0.4) is 0 Å². The molecule has 0 saturated heterocycles. The van der Waals surface area contributed by atoms with Gasteiger partial charge in [-0.05, 0) is 23.6 Å². The maximum absolute atomic E-state index is 13.0. The van der Waals surface area contributed by atoms with Gasteiger partial charge < -0.3 is 10.5 Å². The lowest BCUT2D eigenvalue weighted by Crippen LogP contribution is -1.99. The Labute approximate surface area is 91.1 Å². The van der Waals surface area contributed by atoms with Crippen LogP contribution < -0.4 is 10.5 Å². The van der Waals surface area contributed by atoms with Crippen molar-refractivity contribution in [1.29, 1.82) is 0 Å². The smallest absolute Gasteiger partial charge is 0.149 e. The topological polar surface area (TPSA) is 35.2 Å². The zero-order valence-electron chi connectivity index (χ0n) is 7.94. The van der Waals surface area contributed by atoms with Crippen LogP contribution in [0.4, 0.5) is 10.1 Å². The normalized spacial score (nSPS) is 10.2. The molecule has 2 N–H and O–H groups in total. The number of para-hydroxylation sites is 1. The third-order valence-corrected chi connectivity index (χ3v) is 2.81. The van der Waals surface area contributed by atoms with Crippen LogP contribution in [0.5, 0.6) is 5.75 Å². The maximum atomic E-state index is 13.0. The minimum Gasteiger partial charge on any atom is -0.486 e. The van der Waals surface area contributed by atoms with Crippen molar-refractivity contribution in [3.63, 3.8) is 0 Å². The number of nitrogen functional groups attached to an aromatic ring is 1. The molecular weight excluding hydrogens is 213 g/mol. The van der Waals surface area contributed by atoms with Crippen LogP contribution in [-0.4, -0.2) is 0 Å². The quantitative estimate of drug-likeness (QED) is 0.812. The van der Waals surface area contributed by atoms with Crippen molar-refractivity contribution in [2.75, 3.05) is 5.73 Å². The summed E-state index contributed by atoms with van der Waals surface area (Å²) < 4.78 is 18.5. The molecule has 1 aromatic heterocycles. The number of thiophene rings is 1. The average Bonchev–Trinajstić information content (AvgIpc) is 2.73.